The number of amides is 1. The fourth-order valence-corrected chi connectivity index (χ4v) is 4.11. The van der Waals surface area contributed by atoms with Crippen LogP contribution >= 0.6 is 22.9 Å². The molecule has 0 saturated carbocycles. The quantitative estimate of drug-likeness (QED) is 0.488. The number of benzene rings is 2. The number of thiazole rings is 1. The van der Waals surface area contributed by atoms with Gasteiger partial charge >= 0.3 is 0 Å². The fraction of sp³-hybridized carbons (Fsp3) is 0.304. The number of likely N-dealkylation sites (N-methyl/N-ethyl adjacent to an activating group) is 1. The van der Waals surface area contributed by atoms with Crippen molar-refractivity contribution in [3.8, 4) is 17.2 Å². The van der Waals surface area contributed by atoms with Gasteiger partial charge in [-0.05, 0) is 37.3 Å². The van der Waals surface area contributed by atoms with Crippen molar-refractivity contribution in [2.24, 2.45) is 0 Å². The third-order valence-electron chi connectivity index (χ3n) is 4.85. The van der Waals surface area contributed by atoms with Crippen molar-refractivity contribution in [2.75, 3.05) is 19.8 Å². The van der Waals surface area contributed by atoms with Gasteiger partial charge < -0.3 is 19.1 Å². The summed E-state index contributed by atoms with van der Waals surface area (Å²) in [5, 5.41) is 3.40. The van der Waals surface area contributed by atoms with E-state index in [-0.39, 0.29) is 12.3 Å². The van der Waals surface area contributed by atoms with Gasteiger partial charge in [0.15, 0.2) is 11.5 Å². The van der Waals surface area contributed by atoms with E-state index >= 15 is 0 Å². The second kappa shape index (κ2) is 10.0. The van der Waals surface area contributed by atoms with Crippen LogP contribution in [0.2, 0.25) is 5.02 Å². The topological polar surface area (TPSA) is 60.9 Å². The molecule has 0 N–H and O–H groups in total. The molecule has 4 rings (SSSR count). The van der Waals surface area contributed by atoms with Gasteiger partial charge in [0, 0.05) is 29.1 Å². The molecule has 0 unspecified atom stereocenters. The van der Waals surface area contributed by atoms with Gasteiger partial charge in [-0.25, -0.2) is 4.98 Å². The number of halogens is 1. The number of hydrogen-bond donors (Lipinski definition) is 0. The van der Waals surface area contributed by atoms with E-state index in [2.05, 4.69) is 4.98 Å². The van der Waals surface area contributed by atoms with E-state index in [1.165, 1.54) is 11.3 Å². The minimum Gasteiger partial charge on any atom is -0.486 e. The van der Waals surface area contributed by atoms with Crippen molar-refractivity contribution >= 4 is 28.8 Å². The summed E-state index contributed by atoms with van der Waals surface area (Å²) in [4.78, 5) is 19.3. The Morgan fingerprint density at radius 2 is 2.00 bits per heavy atom. The van der Waals surface area contributed by atoms with Crippen LogP contribution in [0.25, 0.3) is 0 Å². The molecule has 162 valence electrons. The third kappa shape index (κ3) is 5.48. The van der Waals surface area contributed by atoms with Gasteiger partial charge in [0.2, 0.25) is 5.91 Å². The molecule has 1 aliphatic heterocycles. The lowest BCUT2D eigenvalue weighted by Gasteiger charge is -2.25. The Labute approximate surface area is 190 Å². The second-order valence-electron chi connectivity index (χ2n) is 7.00. The number of para-hydroxylation sites is 1. The van der Waals surface area contributed by atoms with Gasteiger partial charge in [-0.2, -0.15) is 0 Å². The molecule has 1 amide bonds. The van der Waals surface area contributed by atoms with E-state index in [0.717, 1.165) is 33.5 Å². The Morgan fingerprint density at radius 3 is 2.81 bits per heavy atom. The highest BCUT2D eigenvalue weighted by molar-refractivity contribution is 7.09. The smallest absolute Gasteiger partial charge is 0.228 e. The van der Waals surface area contributed by atoms with Gasteiger partial charge in [0.25, 0.3) is 0 Å². The molecule has 31 heavy (non-hydrogen) atoms. The molecule has 6 nitrogen and oxygen atoms in total. The summed E-state index contributed by atoms with van der Waals surface area (Å²) < 4.78 is 17.2. The first-order valence-electron chi connectivity index (χ1n) is 10.1. The molecular formula is C23H23ClN2O4S. The Morgan fingerprint density at radius 1 is 1.19 bits per heavy atom. The molecule has 3 aromatic rings. The molecule has 0 spiro atoms. The van der Waals surface area contributed by atoms with Crippen molar-refractivity contribution in [1.29, 1.82) is 0 Å². The summed E-state index contributed by atoms with van der Waals surface area (Å²) in [5.74, 6) is 2.21. The molecule has 8 heteroatoms. The molecule has 1 aromatic heterocycles. The van der Waals surface area contributed by atoms with Crippen LogP contribution in [0.4, 0.5) is 0 Å². The Balaban J connectivity index is 1.35. The minimum atomic E-state index is 0.0206. The molecule has 2 heterocycles. The lowest BCUT2D eigenvalue weighted by molar-refractivity contribution is -0.130. The summed E-state index contributed by atoms with van der Waals surface area (Å²) in [6.45, 7) is 4.45. The van der Waals surface area contributed by atoms with Crippen molar-refractivity contribution < 1.29 is 19.0 Å². The predicted molar refractivity (Wildman–Crippen MR) is 120 cm³/mol. The molecule has 0 radical (unpaired) electrons. The number of carbonyl (C=O) groups excluding carboxylic acids is 1. The maximum Gasteiger partial charge on any atom is 0.228 e. The number of carbonyl (C=O) groups is 1. The molecule has 0 saturated heterocycles. The molecule has 0 bridgehead atoms. The number of nitrogens with zero attached hydrogens (tertiary/aromatic N) is 2. The first-order valence-corrected chi connectivity index (χ1v) is 11.3. The zero-order valence-corrected chi connectivity index (χ0v) is 18.7. The lowest BCUT2D eigenvalue weighted by Crippen LogP contribution is -2.32. The molecule has 0 atom stereocenters. The van der Waals surface area contributed by atoms with Crippen LogP contribution in [0.1, 0.15) is 23.2 Å². The van der Waals surface area contributed by atoms with Crippen LogP contribution in [0.15, 0.2) is 47.8 Å². The van der Waals surface area contributed by atoms with Crippen LogP contribution in [-0.4, -0.2) is 35.5 Å². The van der Waals surface area contributed by atoms with E-state index in [1.54, 1.807) is 17.0 Å². The van der Waals surface area contributed by atoms with Crippen molar-refractivity contribution in [3.05, 3.63) is 69.1 Å². The van der Waals surface area contributed by atoms with E-state index < -0.39 is 0 Å². The number of ether oxygens (including phenoxy) is 3. The van der Waals surface area contributed by atoms with Crippen LogP contribution in [0.5, 0.6) is 17.2 Å². The number of fused-ring (bicyclic) bond motifs is 1. The van der Waals surface area contributed by atoms with Crippen molar-refractivity contribution in [2.45, 2.75) is 26.5 Å². The average molecular weight is 459 g/mol. The molecule has 1 aliphatic rings. The third-order valence-corrected chi connectivity index (χ3v) is 5.97. The summed E-state index contributed by atoms with van der Waals surface area (Å²) in [7, 11) is 0. The Bertz CT molecular complexity index is 1040. The first kappa shape index (κ1) is 21.5. The average Bonchev–Trinajstić information content (AvgIpc) is 3.24. The van der Waals surface area contributed by atoms with Gasteiger partial charge in [-0.1, -0.05) is 23.7 Å². The summed E-state index contributed by atoms with van der Waals surface area (Å²) in [5.41, 5.74) is 1.69. The normalized spacial score (nSPS) is 12.5. The van der Waals surface area contributed by atoms with E-state index in [9.17, 15) is 4.79 Å². The van der Waals surface area contributed by atoms with Gasteiger partial charge in [-0.15, -0.1) is 11.3 Å². The highest BCUT2D eigenvalue weighted by Gasteiger charge is 2.20. The summed E-state index contributed by atoms with van der Waals surface area (Å²) in [6.07, 6.45) is 0.248. The number of hydrogen-bond acceptors (Lipinski definition) is 6. The summed E-state index contributed by atoms with van der Waals surface area (Å²) >= 11 is 7.38. The number of rotatable bonds is 8. The number of aromatic nitrogens is 1. The maximum atomic E-state index is 12.9. The summed E-state index contributed by atoms with van der Waals surface area (Å²) in [6, 6.07) is 13.0. The van der Waals surface area contributed by atoms with Crippen LogP contribution in [0.3, 0.4) is 0 Å². The molecular weight excluding hydrogens is 436 g/mol. The van der Waals surface area contributed by atoms with Gasteiger partial charge in [0.05, 0.1) is 12.1 Å². The first-order chi connectivity index (χ1) is 15.1. The zero-order valence-electron chi connectivity index (χ0n) is 17.2. The highest BCUT2D eigenvalue weighted by Crippen LogP contribution is 2.34. The van der Waals surface area contributed by atoms with E-state index in [0.29, 0.717) is 37.9 Å². The lowest BCUT2D eigenvalue weighted by atomic mass is 10.1. The Hall–Kier alpha value is -2.77. The van der Waals surface area contributed by atoms with E-state index in [1.807, 2.05) is 42.6 Å². The molecule has 0 aliphatic carbocycles. The molecule has 0 fully saturated rings. The van der Waals surface area contributed by atoms with Crippen molar-refractivity contribution in [3.63, 3.8) is 0 Å². The zero-order chi connectivity index (χ0) is 21.6. The van der Waals surface area contributed by atoms with Crippen LogP contribution in [0, 0.1) is 0 Å². The largest absolute Gasteiger partial charge is 0.486 e. The monoisotopic (exact) mass is 458 g/mol. The second-order valence-corrected chi connectivity index (χ2v) is 8.38. The van der Waals surface area contributed by atoms with Crippen LogP contribution < -0.4 is 14.2 Å². The van der Waals surface area contributed by atoms with Crippen LogP contribution in [-0.2, 0) is 24.4 Å². The minimum absolute atomic E-state index is 0.0206. The predicted octanol–water partition coefficient (Wildman–Crippen LogP) is 4.74. The van der Waals surface area contributed by atoms with Crippen molar-refractivity contribution in [1.82, 2.24) is 9.88 Å². The van der Waals surface area contributed by atoms with Gasteiger partial charge in [-0.3, -0.25) is 4.79 Å². The van der Waals surface area contributed by atoms with Gasteiger partial charge in [0.1, 0.15) is 30.6 Å². The standard InChI is InChI=1S/C23H23ClN2O4S/c1-2-26(13-16-4-3-5-20-23(16)29-11-10-28-20)22(27)12-18-15-31-21(25-18)14-30-19-8-6-17(24)7-9-19/h3-9,15H,2,10-14H2,1H3. The fourth-order valence-electron chi connectivity index (χ4n) is 3.28. The maximum absolute atomic E-state index is 12.9. The highest BCUT2D eigenvalue weighted by atomic mass is 35.5. The SMILES string of the molecule is CCN(Cc1cccc2c1OCCO2)C(=O)Cc1csc(COc2ccc(Cl)cc2)n1. The Kier molecular flexibility index (Phi) is 6.94. The van der Waals surface area contributed by atoms with E-state index in [4.69, 9.17) is 25.8 Å². The molecule has 2 aromatic carbocycles.